The highest BCUT2D eigenvalue weighted by atomic mass is 16.4. The average molecular weight is 171 g/mol. The van der Waals surface area contributed by atoms with Crippen molar-refractivity contribution in [1.29, 1.82) is 0 Å². The van der Waals surface area contributed by atoms with Crippen LogP contribution in [0, 0.1) is 0 Å². The molecule has 0 aliphatic heterocycles. The van der Waals surface area contributed by atoms with Crippen LogP contribution in [0.5, 0.6) is 0 Å². The molecule has 0 bridgehead atoms. The normalized spacial score (nSPS) is 11.6. The van der Waals surface area contributed by atoms with Crippen LogP contribution in [-0.4, -0.2) is 22.5 Å². The second-order valence-corrected chi connectivity index (χ2v) is 3.41. The molecule has 12 heavy (non-hydrogen) atoms. The van der Waals surface area contributed by atoms with Crippen LogP contribution >= 0.6 is 0 Å². The molecule has 2 N–H and O–H groups in total. The summed E-state index contributed by atoms with van der Waals surface area (Å²) in [6, 6.07) is 0. The Kier molecular flexibility index (Phi) is 3.47. The number of amides is 1. The summed E-state index contributed by atoms with van der Waals surface area (Å²) < 4.78 is 0. The van der Waals surface area contributed by atoms with Crippen LogP contribution in [0.1, 0.15) is 20.8 Å². The Bertz CT molecular complexity index is 213. The fraction of sp³-hybridized carbons (Fsp3) is 0.500. The lowest BCUT2D eigenvalue weighted by atomic mass is 10.1. The van der Waals surface area contributed by atoms with Gasteiger partial charge in [-0.2, -0.15) is 0 Å². The first-order chi connectivity index (χ1) is 5.31. The molecule has 0 aliphatic carbocycles. The van der Waals surface area contributed by atoms with Gasteiger partial charge in [0.25, 0.3) is 0 Å². The topological polar surface area (TPSA) is 66.4 Å². The summed E-state index contributed by atoms with van der Waals surface area (Å²) in [5.41, 5.74) is -0.333. The molecule has 0 aliphatic rings. The Morgan fingerprint density at radius 2 is 1.75 bits per heavy atom. The van der Waals surface area contributed by atoms with Crippen molar-refractivity contribution in [1.82, 2.24) is 5.32 Å². The maximum atomic E-state index is 10.9. The van der Waals surface area contributed by atoms with Gasteiger partial charge in [-0.25, -0.2) is 4.79 Å². The molecule has 0 radical (unpaired) electrons. The number of nitrogens with one attached hydrogen (secondary N) is 1. The van der Waals surface area contributed by atoms with E-state index in [1.807, 2.05) is 20.8 Å². The van der Waals surface area contributed by atoms with E-state index in [4.69, 9.17) is 5.11 Å². The fourth-order valence-corrected chi connectivity index (χ4v) is 0.558. The molecule has 4 nitrogen and oxygen atoms in total. The van der Waals surface area contributed by atoms with Gasteiger partial charge in [0.05, 0.1) is 0 Å². The first-order valence-corrected chi connectivity index (χ1v) is 3.54. The van der Waals surface area contributed by atoms with E-state index in [2.05, 4.69) is 5.32 Å². The molecule has 0 heterocycles. The van der Waals surface area contributed by atoms with E-state index >= 15 is 0 Å². The number of carboxylic acids is 1. The van der Waals surface area contributed by atoms with E-state index in [1.165, 1.54) is 0 Å². The van der Waals surface area contributed by atoms with Gasteiger partial charge in [-0.3, -0.25) is 4.79 Å². The minimum Gasteiger partial charge on any atom is -0.478 e. The van der Waals surface area contributed by atoms with Crippen LogP contribution < -0.4 is 5.32 Å². The summed E-state index contributed by atoms with van der Waals surface area (Å²) in [6.45, 7) is 5.46. The zero-order chi connectivity index (χ0) is 9.78. The van der Waals surface area contributed by atoms with Crippen LogP contribution in [0.4, 0.5) is 0 Å². The Labute approximate surface area is 71.3 Å². The quantitative estimate of drug-likeness (QED) is 0.596. The number of hydrogen-bond acceptors (Lipinski definition) is 2. The molecular formula is C8H13NO3. The van der Waals surface area contributed by atoms with Gasteiger partial charge in [0.2, 0.25) is 5.91 Å². The van der Waals surface area contributed by atoms with Gasteiger partial charge in [-0.05, 0) is 20.8 Å². The van der Waals surface area contributed by atoms with E-state index in [1.54, 1.807) is 0 Å². The largest absolute Gasteiger partial charge is 0.478 e. The molecule has 0 unspecified atom stereocenters. The number of carbonyl (C=O) groups excluding carboxylic acids is 1. The predicted molar refractivity (Wildman–Crippen MR) is 44.7 cm³/mol. The summed E-state index contributed by atoms with van der Waals surface area (Å²) in [7, 11) is 0. The lowest BCUT2D eigenvalue weighted by Crippen LogP contribution is -2.39. The third kappa shape index (κ3) is 6.80. The SMILES string of the molecule is CC(C)(C)NC(=O)C=CC(=O)O. The minimum absolute atomic E-state index is 0.333. The highest BCUT2D eigenvalue weighted by Crippen LogP contribution is 1.97. The molecule has 0 rings (SSSR count). The number of carbonyl (C=O) groups is 2. The molecule has 0 aromatic rings. The maximum absolute atomic E-state index is 10.9. The Morgan fingerprint density at radius 3 is 2.08 bits per heavy atom. The standard InChI is InChI=1S/C8H13NO3/c1-8(2,3)9-6(10)4-5-7(11)12/h4-5H,1-3H3,(H,9,10)(H,11,12). The van der Waals surface area contributed by atoms with E-state index in [0.29, 0.717) is 0 Å². The molecule has 0 saturated carbocycles. The zero-order valence-corrected chi connectivity index (χ0v) is 7.42. The Balaban J connectivity index is 3.99. The molecule has 0 saturated heterocycles. The summed E-state index contributed by atoms with van der Waals surface area (Å²) in [5, 5.41) is 10.8. The van der Waals surface area contributed by atoms with Gasteiger partial charge >= 0.3 is 5.97 Å². The van der Waals surface area contributed by atoms with Gasteiger partial charge in [0.15, 0.2) is 0 Å². The predicted octanol–water partition coefficient (Wildman–Crippen LogP) is 0.542. The smallest absolute Gasteiger partial charge is 0.328 e. The van der Waals surface area contributed by atoms with Crippen molar-refractivity contribution in [3.05, 3.63) is 12.2 Å². The first-order valence-electron chi connectivity index (χ1n) is 3.54. The number of rotatable bonds is 2. The van der Waals surface area contributed by atoms with Gasteiger partial charge in [-0.1, -0.05) is 0 Å². The minimum atomic E-state index is -1.13. The van der Waals surface area contributed by atoms with Crippen LogP contribution in [-0.2, 0) is 9.59 Å². The Morgan fingerprint density at radius 1 is 1.25 bits per heavy atom. The third-order valence-corrected chi connectivity index (χ3v) is 0.875. The van der Waals surface area contributed by atoms with Gasteiger partial charge in [0.1, 0.15) is 0 Å². The van der Waals surface area contributed by atoms with E-state index in [9.17, 15) is 9.59 Å². The summed E-state index contributed by atoms with van der Waals surface area (Å²) in [6.07, 6.45) is 1.80. The van der Waals surface area contributed by atoms with Gasteiger partial charge in [0, 0.05) is 17.7 Å². The van der Waals surface area contributed by atoms with Gasteiger partial charge < -0.3 is 10.4 Å². The number of hydrogen-bond donors (Lipinski definition) is 2. The van der Waals surface area contributed by atoms with E-state index in [-0.39, 0.29) is 5.54 Å². The summed E-state index contributed by atoms with van der Waals surface area (Å²) in [5.74, 6) is -1.52. The maximum Gasteiger partial charge on any atom is 0.328 e. The second kappa shape index (κ2) is 3.90. The molecule has 0 atom stereocenters. The van der Waals surface area contributed by atoms with Crippen molar-refractivity contribution in [2.45, 2.75) is 26.3 Å². The van der Waals surface area contributed by atoms with Crippen LogP contribution in [0.25, 0.3) is 0 Å². The fourth-order valence-electron chi connectivity index (χ4n) is 0.558. The third-order valence-electron chi connectivity index (χ3n) is 0.875. The van der Waals surface area contributed by atoms with Crippen LogP contribution in [0.3, 0.4) is 0 Å². The summed E-state index contributed by atoms with van der Waals surface area (Å²) in [4.78, 5) is 20.9. The van der Waals surface area contributed by atoms with Crippen molar-refractivity contribution in [2.75, 3.05) is 0 Å². The van der Waals surface area contributed by atoms with E-state index < -0.39 is 11.9 Å². The lowest BCUT2D eigenvalue weighted by molar-refractivity contribution is -0.131. The Hall–Kier alpha value is -1.32. The monoisotopic (exact) mass is 171 g/mol. The zero-order valence-electron chi connectivity index (χ0n) is 7.42. The molecular weight excluding hydrogens is 158 g/mol. The van der Waals surface area contributed by atoms with Crippen LogP contribution in [0.2, 0.25) is 0 Å². The van der Waals surface area contributed by atoms with Gasteiger partial charge in [-0.15, -0.1) is 0 Å². The lowest BCUT2D eigenvalue weighted by Gasteiger charge is -2.18. The summed E-state index contributed by atoms with van der Waals surface area (Å²) >= 11 is 0. The highest BCUT2D eigenvalue weighted by Gasteiger charge is 2.11. The molecule has 0 aromatic heterocycles. The van der Waals surface area contributed by atoms with Crippen molar-refractivity contribution >= 4 is 11.9 Å². The van der Waals surface area contributed by atoms with Crippen LogP contribution in [0.15, 0.2) is 12.2 Å². The second-order valence-electron chi connectivity index (χ2n) is 3.41. The molecule has 0 fully saturated rings. The van der Waals surface area contributed by atoms with Crippen molar-refractivity contribution in [3.63, 3.8) is 0 Å². The number of aliphatic carboxylic acids is 1. The average Bonchev–Trinajstić information content (AvgIpc) is 1.79. The molecule has 68 valence electrons. The number of carboxylic acid groups (broad SMARTS) is 1. The van der Waals surface area contributed by atoms with Crippen molar-refractivity contribution < 1.29 is 14.7 Å². The first kappa shape index (κ1) is 10.7. The molecule has 4 heteroatoms. The van der Waals surface area contributed by atoms with Crippen molar-refractivity contribution in [3.8, 4) is 0 Å². The van der Waals surface area contributed by atoms with Crippen molar-refractivity contribution in [2.24, 2.45) is 0 Å². The molecule has 0 aromatic carbocycles. The van der Waals surface area contributed by atoms with E-state index in [0.717, 1.165) is 12.2 Å². The molecule has 1 amide bonds. The molecule has 0 spiro atoms. The highest BCUT2D eigenvalue weighted by molar-refractivity contribution is 5.94.